The van der Waals surface area contributed by atoms with Crippen LogP contribution in [-0.4, -0.2) is 56.0 Å². The van der Waals surface area contributed by atoms with Gasteiger partial charge in [0, 0.05) is 26.2 Å². The number of nitrogens with zero attached hydrogens (tertiary/aromatic N) is 2. The molecule has 1 aromatic rings. The number of hydrogen-bond acceptors (Lipinski definition) is 4. The van der Waals surface area contributed by atoms with Crippen LogP contribution in [0.25, 0.3) is 0 Å². The van der Waals surface area contributed by atoms with E-state index in [4.69, 9.17) is 5.73 Å². The average Bonchev–Trinajstić information content (AvgIpc) is 2.53. The predicted molar refractivity (Wildman–Crippen MR) is 77.3 cm³/mol. The van der Waals surface area contributed by atoms with Crippen molar-refractivity contribution in [2.24, 2.45) is 5.73 Å². The highest BCUT2D eigenvalue weighted by molar-refractivity contribution is 5.85. The Labute approximate surface area is 122 Å². The van der Waals surface area contributed by atoms with Crippen molar-refractivity contribution < 1.29 is 14.0 Å². The Bertz CT molecular complexity index is 515. The molecule has 0 aliphatic carbocycles. The highest BCUT2D eigenvalue weighted by atomic mass is 19.1. The zero-order chi connectivity index (χ0) is 15.2. The van der Waals surface area contributed by atoms with Crippen molar-refractivity contribution in [3.63, 3.8) is 0 Å². The molecule has 0 spiro atoms. The monoisotopic (exact) mass is 294 g/mol. The normalized spacial score (nSPS) is 15.0. The molecule has 1 heterocycles. The minimum Gasteiger partial charge on any atom is -0.366 e. The molecule has 3 N–H and O–H groups in total. The molecule has 0 unspecified atom stereocenters. The number of rotatable bonds is 4. The Morgan fingerprint density at radius 2 is 1.86 bits per heavy atom. The van der Waals surface area contributed by atoms with Gasteiger partial charge < -0.3 is 20.9 Å². The minimum absolute atomic E-state index is 0.0459. The van der Waals surface area contributed by atoms with Crippen LogP contribution in [0.3, 0.4) is 0 Å². The number of nitrogens with one attached hydrogen (secondary N) is 1. The van der Waals surface area contributed by atoms with E-state index in [1.807, 2.05) is 4.90 Å². The predicted octanol–water partition coefficient (Wildman–Crippen LogP) is -0.451. The second-order valence-corrected chi connectivity index (χ2v) is 4.80. The van der Waals surface area contributed by atoms with Crippen molar-refractivity contribution in [1.29, 1.82) is 0 Å². The van der Waals surface area contributed by atoms with Gasteiger partial charge in [-0.1, -0.05) is 12.1 Å². The molecule has 1 aliphatic rings. The van der Waals surface area contributed by atoms with E-state index in [0.717, 1.165) is 0 Å². The molecule has 114 valence electrons. The number of hydrogen-bond donors (Lipinski definition) is 2. The molecule has 7 heteroatoms. The Kier molecular flexibility index (Phi) is 5.10. The smallest absolute Gasteiger partial charge is 0.242 e. The maximum absolute atomic E-state index is 13.7. The zero-order valence-corrected chi connectivity index (χ0v) is 11.7. The topological polar surface area (TPSA) is 78.7 Å². The maximum Gasteiger partial charge on any atom is 0.242 e. The summed E-state index contributed by atoms with van der Waals surface area (Å²) in [5.41, 5.74) is 5.71. The van der Waals surface area contributed by atoms with Crippen molar-refractivity contribution in [1.82, 2.24) is 10.2 Å². The lowest BCUT2D eigenvalue weighted by Gasteiger charge is -2.36. The van der Waals surface area contributed by atoms with Gasteiger partial charge in [-0.3, -0.25) is 9.59 Å². The van der Waals surface area contributed by atoms with Crippen LogP contribution in [0.1, 0.15) is 0 Å². The highest BCUT2D eigenvalue weighted by Crippen LogP contribution is 2.19. The van der Waals surface area contributed by atoms with Gasteiger partial charge in [0.15, 0.2) is 0 Å². The summed E-state index contributed by atoms with van der Waals surface area (Å²) in [4.78, 5) is 26.5. The van der Waals surface area contributed by atoms with Crippen LogP contribution < -0.4 is 16.0 Å². The van der Waals surface area contributed by atoms with E-state index in [1.165, 1.54) is 6.07 Å². The standard InChI is InChI=1S/C14H19FN4O2/c15-11-3-1-2-4-12(11)18-5-7-19(8-6-18)14(21)10-17-13(20)9-16/h1-4H,5-10,16H2,(H,17,20). The number of amides is 2. The van der Waals surface area contributed by atoms with Crippen molar-refractivity contribution >= 4 is 17.5 Å². The summed E-state index contributed by atoms with van der Waals surface area (Å²) in [5, 5.41) is 2.45. The molecule has 2 amide bonds. The van der Waals surface area contributed by atoms with Gasteiger partial charge in [0.25, 0.3) is 0 Å². The third kappa shape index (κ3) is 3.91. The third-order valence-electron chi connectivity index (χ3n) is 3.45. The molecule has 0 atom stereocenters. The first-order valence-corrected chi connectivity index (χ1v) is 6.86. The summed E-state index contributed by atoms with van der Waals surface area (Å²) in [5.74, 6) is -0.759. The summed E-state index contributed by atoms with van der Waals surface area (Å²) in [6.07, 6.45) is 0. The molecule has 0 radical (unpaired) electrons. The largest absolute Gasteiger partial charge is 0.366 e. The molecule has 21 heavy (non-hydrogen) atoms. The molecule has 0 aromatic heterocycles. The number of benzene rings is 1. The fourth-order valence-electron chi connectivity index (χ4n) is 2.26. The number of nitrogens with two attached hydrogens (primary N) is 1. The molecular weight excluding hydrogens is 275 g/mol. The molecule has 0 bridgehead atoms. The molecule has 1 fully saturated rings. The summed E-state index contributed by atoms with van der Waals surface area (Å²) in [6, 6.07) is 6.60. The van der Waals surface area contributed by atoms with Crippen molar-refractivity contribution in [2.75, 3.05) is 44.2 Å². The molecule has 2 rings (SSSR count). The zero-order valence-electron chi connectivity index (χ0n) is 11.7. The summed E-state index contributed by atoms with van der Waals surface area (Å²) < 4.78 is 13.7. The number of halogens is 1. The number of para-hydroxylation sites is 1. The highest BCUT2D eigenvalue weighted by Gasteiger charge is 2.22. The molecule has 1 aromatic carbocycles. The molecular formula is C14H19FN4O2. The molecule has 1 aliphatic heterocycles. The van der Waals surface area contributed by atoms with Crippen LogP contribution in [0, 0.1) is 5.82 Å². The maximum atomic E-state index is 13.7. The van der Waals surface area contributed by atoms with Crippen LogP contribution in [0.5, 0.6) is 0 Å². The Morgan fingerprint density at radius 1 is 1.19 bits per heavy atom. The van der Waals surface area contributed by atoms with E-state index in [0.29, 0.717) is 31.9 Å². The van der Waals surface area contributed by atoms with Gasteiger partial charge in [-0.05, 0) is 12.1 Å². The van der Waals surface area contributed by atoms with E-state index in [1.54, 1.807) is 23.1 Å². The molecule has 6 nitrogen and oxygen atoms in total. The second-order valence-electron chi connectivity index (χ2n) is 4.80. The lowest BCUT2D eigenvalue weighted by molar-refractivity contribution is -0.132. The lowest BCUT2D eigenvalue weighted by Crippen LogP contribution is -2.51. The fraction of sp³-hybridized carbons (Fsp3) is 0.429. The van der Waals surface area contributed by atoms with Crippen LogP contribution in [0.4, 0.5) is 10.1 Å². The Morgan fingerprint density at radius 3 is 2.48 bits per heavy atom. The van der Waals surface area contributed by atoms with E-state index < -0.39 is 0 Å². The van der Waals surface area contributed by atoms with Crippen LogP contribution in [-0.2, 0) is 9.59 Å². The number of carbonyl (C=O) groups excluding carboxylic acids is 2. The second kappa shape index (κ2) is 7.03. The van der Waals surface area contributed by atoms with Crippen molar-refractivity contribution in [3.05, 3.63) is 30.1 Å². The number of piperazine rings is 1. The first kappa shape index (κ1) is 15.2. The SMILES string of the molecule is NCC(=O)NCC(=O)N1CCN(c2ccccc2F)CC1. The van der Waals surface area contributed by atoms with E-state index >= 15 is 0 Å². The van der Waals surface area contributed by atoms with E-state index in [2.05, 4.69) is 5.32 Å². The Hall–Kier alpha value is -2.15. The fourth-order valence-corrected chi connectivity index (χ4v) is 2.26. The van der Waals surface area contributed by atoms with Crippen LogP contribution >= 0.6 is 0 Å². The van der Waals surface area contributed by atoms with Crippen molar-refractivity contribution in [2.45, 2.75) is 0 Å². The first-order valence-electron chi connectivity index (χ1n) is 6.86. The van der Waals surface area contributed by atoms with Crippen LogP contribution in [0.15, 0.2) is 24.3 Å². The first-order chi connectivity index (χ1) is 10.1. The number of carbonyl (C=O) groups is 2. The van der Waals surface area contributed by atoms with Gasteiger partial charge >= 0.3 is 0 Å². The molecule has 1 saturated heterocycles. The van der Waals surface area contributed by atoms with Gasteiger partial charge in [0.05, 0.1) is 18.8 Å². The van der Waals surface area contributed by atoms with Crippen molar-refractivity contribution in [3.8, 4) is 0 Å². The number of anilines is 1. The van der Waals surface area contributed by atoms with Gasteiger partial charge in [-0.2, -0.15) is 0 Å². The lowest BCUT2D eigenvalue weighted by atomic mass is 10.2. The van der Waals surface area contributed by atoms with E-state index in [-0.39, 0.29) is 30.7 Å². The minimum atomic E-state index is -0.353. The summed E-state index contributed by atoms with van der Waals surface area (Å²) in [6.45, 7) is 1.97. The molecule has 0 saturated carbocycles. The van der Waals surface area contributed by atoms with Gasteiger partial charge in [0.1, 0.15) is 5.82 Å². The summed E-state index contributed by atoms with van der Waals surface area (Å²) >= 11 is 0. The quantitative estimate of drug-likeness (QED) is 0.788. The summed E-state index contributed by atoms with van der Waals surface area (Å²) in [7, 11) is 0. The average molecular weight is 294 g/mol. The third-order valence-corrected chi connectivity index (χ3v) is 3.45. The Balaban J connectivity index is 1.84. The van der Waals surface area contributed by atoms with Gasteiger partial charge in [-0.25, -0.2) is 4.39 Å². The van der Waals surface area contributed by atoms with Crippen LogP contribution in [0.2, 0.25) is 0 Å². The van der Waals surface area contributed by atoms with Gasteiger partial charge in [0.2, 0.25) is 11.8 Å². The van der Waals surface area contributed by atoms with E-state index in [9.17, 15) is 14.0 Å². The van der Waals surface area contributed by atoms with Gasteiger partial charge in [-0.15, -0.1) is 0 Å².